The number of nitrogens with zero attached hydrogens (tertiary/aromatic N) is 2. The molecule has 4 nitrogen and oxygen atoms in total. The highest BCUT2D eigenvalue weighted by molar-refractivity contribution is 7.12. The van der Waals surface area contributed by atoms with E-state index in [-0.39, 0.29) is 11.9 Å². The average molecular weight is 378 g/mol. The molecular weight excluding hydrogens is 354 g/mol. The standard InChI is InChI=1S/C19H24ClN3OS/c1-12(21-17(24)10-14-8-9-23(3)11-14)19-22-18(13(2)25-19)15-4-6-16(20)7-5-15/h4-7,12,14H,8-11H2,1-3H3,(H,21,24). The Bertz CT molecular complexity index is 744. The van der Waals surface area contributed by atoms with Crippen molar-refractivity contribution in [1.29, 1.82) is 0 Å². The summed E-state index contributed by atoms with van der Waals surface area (Å²) in [5.41, 5.74) is 2.02. The highest BCUT2D eigenvalue weighted by Gasteiger charge is 2.23. The topological polar surface area (TPSA) is 45.2 Å². The van der Waals surface area contributed by atoms with Gasteiger partial charge in [-0.1, -0.05) is 23.7 Å². The molecule has 1 aromatic carbocycles. The quantitative estimate of drug-likeness (QED) is 0.845. The number of hydrogen-bond donors (Lipinski definition) is 1. The third-order valence-electron chi connectivity index (χ3n) is 4.64. The molecule has 1 fully saturated rings. The molecule has 0 aliphatic carbocycles. The normalized spacial score (nSPS) is 19.1. The molecular formula is C19H24ClN3OS. The SMILES string of the molecule is Cc1sc(C(C)NC(=O)CC2CCN(C)C2)nc1-c1ccc(Cl)cc1. The fraction of sp³-hybridized carbons (Fsp3) is 0.474. The van der Waals surface area contributed by atoms with Gasteiger partial charge in [-0.25, -0.2) is 4.98 Å². The van der Waals surface area contributed by atoms with Crippen molar-refractivity contribution in [3.05, 3.63) is 39.2 Å². The van der Waals surface area contributed by atoms with E-state index in [2.05, 4.69) is 24.2 Å². The Balaban J connectivity index is 1.64. The van der Waals surface area contributed by atoms with Crippen LogP contribution < -0.4 is 5.32 Å². The van der Waals surface area contributed by atoms with Crippen LogP contribution >= 0.6 is 22.9 Å². The van der Waals surface area contributed by atoms with Crippen molar-refractivity contribution < 1.29 is 4.79 Å². The molecule has 1 aliphatic rings. The Hall–Kier alpha value is -1.43. The number of halogens is 1. The number of aromatic nitrogens is 1. The maximum atomic E-state index is 12.3. The molecule has 1 saturated heterocycles. The van der Waals surface area contributed by atoms with Gasteiger partial charge in [0, 0.05) is 28.4 Å². The van der Waals surface area contributed by atoms with Gasteiger partial charge in [0.2, 0.25) is 5.91 Å². The van der Waals surface area contributed by atoms with Crippen LogP contribution in [0.5, 0.6) is 0 Å². The summed E-state index contributed by atoms with van der Waals surface area (Å²) in [6, 6.07) is 7.64. The van der Waals surface area contributed by atoms with E-state index in [1.165, 1.54) is 0 Å². The maximum Gasteiger partial charge on any atom is 0.220 e. The Labute approximate surface area is 158 Å². The van der Waals surface area contributed by atoms with E-state index in [9.17, 15) is 4.79 Å². The lowest BCUT2D eigenvalue weighted by Gasteiger charge is -2.14. The van der Waals surface area contributed by atoms with E-state index < -0.39 is 0 Å². The van der Waals surface area contributed by atoms with Crippen molar-refractivity contribution in [1.82, 2.24) is 15.2 Å². The lowest BCUT2D eigenvalue weighted by atomic mass is 10.0. The van der Waals surface area contributed by atoms with Gasteiger partial charge in [-0.15, -0.1) is 11.3 Å². The highest BCUT2D eigenvalue weighted by atomic mass is 35.5. The number of likely N-dealkylation sites (tertiary alicyclic amines) is 1. The summed E-state index contributed by atoms with van der Waals surface area (Å²) >= 11 is 7.60. The average Bonchev–Trinajstić information content (AvgIpc) is 3.14. The molecule has 2 heterocycles. The van der Waals surface area contributed by atoms with Gasteiger partial charge in [-0.05, 0) is 51.9 Å². The van der Waals surface area contributed by atoms with Crippen molar-refractivity contribution in [3.8, 4) is 11.3 Å². The number of rotatable bonds is 5. The van der Waals surface area contributed by atoms with Crippen LogP contribution in [0.2, 0.25) is 5.02 Å². The number of aryl methyl sites for hydroxylation is 1. The number of nitrogens with one attached hydrogen (secondary N) is 1. The summed E-state index contributed by atoms with van der Waals surface area (Å²) in [5, 5.41) is 4.77. The van der Waals surface area contributed by atoms with Gasteiger partial charge in [-0.3, -0.25) is 4.79 Å². The minimum Gasteiger partial charge on any atom is -0.347 e. The van der Waals surface area contributed by atoms with Crippen molar-refractivity contribution in [3.63, 3.8) is 0 Å². The summed E-state index contributed by atoms with van der Waals surface area (Å²) in [5.74, 6) is 0.591. The maximum absolute atomic E-state index is 12.3. The summed E-state index contributed by atoms with van der Waals surface area (Å²) in [6.45, 7) is 6.17. The first-order valence-corrected chi connectivity index (χ1v) is 9.83. The van der Waals surface area contributed by atoms with E-state index in [4.69, 9.17) is 16.6 Å². The van der Waals surface area contributed by atoms with Crippen LogP contribution in [0.4, 0.5) is 0 Å². The first-order valence-electron chi connectivity index (χ1n) is 8.63. The van der Waals surface area contributed by atoms with Gasteiger partial charge in [0.05, 0.1) is 11.7 Å². The Kier molecular flexibility index (Phi) is 5.77. The van der Waals surface area contributed by atoms with Crippen LogP contribution in [-0.2, 0) is 4.79 Å². The van der Waals surface area contributed by atoms with Gasteiger partial charge in [0.25, 0.3) is 0 Å². The lowest BCUT2D eigenvalue weighted by Crippen LogP contribution is -2.29. The predicted octanol–water partition coefficient (Wildman–Crippen LogP) is 4.29. The minimum atomic E-state index is -0.0728. The Morgan fingerprint density at radius 2 is 2.16 bits per heavy atom. The van der Waals surface area contributed by atoms with E-state index in [1.807, 2.05) is 31.2 Å². The predicted molar refractivity (Wildman–Crippen MR) is 104 cm³/mol. The molecule has 3 rings (SSSR count). The van der Waals surface area contributed by atoms with Gasteiger partial charge >= 0.3 is 0 Å². The molecule has 1 N–H and O–H groups in total. The first kappa shape index (κ1) is 18.4. The van der Waals surface area contributed by atoms with E-state index >= 15 is 0 Å². The fourth-order valence-corrected chi connectivity index (χ4v) is 4.37. The fourth-order valence-electron chi connectivity index (χ4n) is 3.29. The molecule has 1 aliphatic heterocycles. The molecule has 2 aromatic rings. The van der Waals surface area contributed by atoms with Gasteiger partial charge in [0.1, 0.15) is 5.01 Å². The van der Waals surface area contributed by atoms with Crippen LogP contribution in [0, 0.1) is 12.8 Å². The van der Waals surface area contributed by atoms with Crippen molar-refractivity contribution in [2.24, 2.45) is 5.92 Å². The van der Waals surface area contributed by atoms with E-state index in [0.29, 0.717) is 12.3 Å². The zero-order valence-corrected chi connectivity index (χ0v) is 16.5. The second-order valence-corrected chi connectivity index (χ2v) is 8.55. The third kappa shape index (κ3) is 4.60. The largest absolute Gasteiger partial charge is 0.347 e. The highest BCUT2D eigenvalue weighted by Crippen LogP contribution is 2.31. The van der Waals surface area contributed by atoms with Crippen molar-refractivity contribution >= 4 is 28.8 Å². The Morgan fingerprint density at radius 3 is 2.80 bits per heavy atom. The molecule has 134 valence electrons. The summed E-state index contributed by atoms with van der Waals surface area (Å²) in [4.78, 5) is 20.5. The summed E-state index contributed by atoms with van der Waals surface area (Å²) in [7, 11) is 2.11. The number of carbonyl (C=O) groups excluding carboxylic acids is 1. The van der Waals surface area contributed by atoms with E-state index in [0.717, 1.165) is 45.7 Å². The summed E-state index contributed by atoms with van der Waals surface area (Å²) in [6.07, 6.45) is 1.71. The zero-order chi connectivity index (χ0) is 18.0. The first-order chi connectivity index (χ1) is 11.9. The monoisotopic (exact) mass is 377 g/mol. The number of thiazole rings is 1. The smallest absolute Gasteiger partial charge is 0.220 e. The van der Waals surface area contributed by atoms with Crippen LogP contribution in [0.25, 0.3) is 11.3 Å². The molecule has 25 heavy (non-hydrogen) atoms. The number of carbonyl (C=O) groups is 1. The second kappa shape index (κ2) is 7.85. The van der Waals surface area contributed by atoms with Crippen LogP contribution in [0.1, 0.15) is 35.7 Å². The molecule has 1 aromatic heterocycles. The molecule has 0 spiro atoms. The zero-order valence-electron chi connectivity index (χ0n) is 14.9. The summed E-state index contributed by atoms with van der Waals surface area (Å²) < 4.78 is 0. The number of amides is 1. The molecule has 0 saturated carbocycles. The Morgan fingerprint density at radius 1 is 1.44 bits per heavy atom. The van der Waals surface area contributed by atoms with Crippen LogP contribution in [0.3, 0.4) is 0 Å². The molecule has 1 amide bonds. The second-order valence-electron chi connectivity index (χ2n) is 6.87. The van der Waals surface area contributed by atoms with Gasteiger partial charge in [0.15, 0.2) is 0 Å². The lowest BCUT2D eigenvalue weighted by molar-refractivity contribution is -0.122. The van der Waals surface area contributed by atoms with Crippen molar-refractivity contribution in [2.45, 2.75) is 32.7 Å². The molecule has 0 radical (unpaired) electrons. The molecule has 2 atom stereocenters. The molecule has 0 bridgehead atoms. The molecule has 6 heteroatoms. The van der Waals surface area contributed by atoms with Crippen molar-refractivity contribution in [2.75, 3.05) is 20.1 Å². The van der Waals surface area contributed by atoms with Crippen LogP contribution in [0.15, 0.2) is 24.3 Å². The molecule has 2 unspecified atom stereocenters. The van der Waals surface area contributed by atoms with Crippen LogP contribution in [-0.4, -0.2) is 35.9 Å². The number of hydrogen-bond acceptors (Lipinski definition) is 4. The van der Waals surface area contributed by atoms with Gasteiger partial charge < -0.3 is 10.2 Å². The van der Waals surface area contributed by atoms with Gasteiger partial charge in [-0.2, -0.15) is 0 Å². The van der Waals surface area contributed by atoms with E-state index in [1.54, 1.807) is 11.3 Å². The number of benzene rings is 1. The minimum absolute atomic E-state index is 0.0728. The third-order valence-corrected chi connectivity index (χ3v) is 6.05.